The Bertz CT molecular complexity index is 2630. The molecule has 2 N–H and O–H groups in total. The van der Waals surface area contributed by atoms with E-state index in [4.69, 9.17) is 0 Å². The molecule has 0 atom stereocenters. The smallest absolute Gasteiger partial charge is 0.128 e. The van der Waals surface area contributed by atoms with Crippen molar-refractivity contribution in [2.75, 3.05) is 13.1 Å². The van der Waals surface area contributed by atoms with E-state index in [0.29, 0.717) is 24.6 Å². The Balaban J connectivity index is 0.000000224. The van der Waals surface area contributed by atoms with E-state index in [1.54, 1.807) is 12.4 Å². The molecule has 0 saturated heterocycles. The van der Waals surface area contributed by atoms with E-state index < -0.39 is 15.8 Å². The summed E-state index contributed by atoms with van der Waals surface area (Å²) in [5.41, 5.74) is 5.27. The second-order valence-electron chi connectivity index (χ2n) is 22.7. The molecule has 0 unspecified atom stereocenters. The molecule has 8 aromatic carbocycles. The Morgan fingerprint density at radius 1 is 0.333 bits per heavy atom. The largest absolute Gasteiger partial charge is 0.507 e. The maximum Gasteiger partial charge on any atom is 0.128 e. The van der Waals surface area contributed by atoms with Crippen molar-refractivity contribution in [3.63, 3.8) is 0 Å². The molecule has 0 aliphatic carbocycles. The topological polar surface area (TPSA) is 65.2 Å². The van der Waals surface area contributed by atoms with Crippen LogP contribution in [0.2, 0.25) is 0 Å². The van der Waals surface area contributed by atoms with Crippen LogP contribution in [0, 0.1) is 0 Å². The summed E-state index contributed by atoms with van der Waals surface area (Å²) >= 11 is 0. The van der Waals surface area contributed by atoms with Crippen molar-refractivity contribution in [1.82, 2.24) is 0 Å². The van der Waals surface area contributed by atoms with Gasteiger partial charge < -0.3 is 10.2 Å². The fourth-order valence-corrected chi connectivity index (χ4v) is 12.9. The Morgan fingerprint density at radius 2 is 0.547 bits per heavy atom. The van der Waals surface area contributed by atoms with Gasteiger partial charge in [-0.25, -0.2) is 0 Å². The minimum absolute atomic E-state index is 0. The van der Waals surface area contributed by atoms with Gasteiger partial charge in [0.2, 0.25) is 0 Å². The summed E-state index contributed by atoms with van der Waals surface area (Å²) in [6, 6.07) is 72.9. The van der Waals surface area contributed by atoms with Gasteiger partial charge in [0.1, 0.15) is 11.5 Å². The minimum atomic E-state index is -0.446. The van der Waals surface area contributed by atoms with Crippen LogP contribution in [0.4, 0.5) is 0 Å². The Labute approximate surface area is 465 Å². The third-order valence-corrected chi connectivity index (χ3v) is 17.4. The van der Waals surface area contributed by atoms with Crippen molar-refractivity contribution < 1.29 is 29.7 Å². The molecule has 0 fully saturated rings. The fourth-order valence-electron chi connectivity index (χ4n) is 8.32. The Kier molecular flexibility index (Phi) is 21.9. The van der Waals surface area contributed by atoms with E-state index in [2.05, 4.69) is 287 Å². The van der Waals surface area contributed by atoms with E-state index in [9.17, 15) is 10.2 Å². The summed E-state index contributed by atoms with van der Waals surface area (Å²) in [5.74, 6) is 0.586. The molecular weight excluding hydrogens is 1040 g/mol. The van der Waals surface area contributed by atoms with E-state index >= 15 is 0 Å². The number of aromatic hydroxyl groups is 2. The zero-order valence-electron chi connectivity index (χ0n) is 46.2. The zero-order chi connectivity index (χ0) is 53.5. The average molecular weight is 1120 g/mol. The number of benzene rings is 8. The van der Waals surface area contributed by atoms with E-state index in [1.165, 1.54) is 43.0 Å². The van der Waals surface area contributed by atoms with Gasteiger partial charge in [-0.3, -0.25) is 9.98 Å². The monoisotopic (exact) mass is 1120 g/mol. The Morgan fingerprint density at radius 3 is 0.733 bits per heavy atom. The normalized spacial score (nSPS) is 12.0. The van der Waals surface area contributed by atoms with Crippen molar-refractivity contribution in [2.24, 2.45) is 9.98 Å². The van der Waals surface area contributed by atoms with Crippen molar-refractivity contribution in [1.29, 1.82) is 0 Å². The van der Waals surface area contributed by atoms with Crippen molar-refractivity contribution in [2.45, 2.75) is 105 Å². The van der Waals surface area contributed by atoms with E-state index in [-0.39, 0.29) is 41.1 Å². The molecule has 0 bridgehead atoms. The predicted molar refractivity (Wildman–Crippen MR) is 326 cm³/mol. The van der Waals surface area contributed by atoms with Crippen LogP contribution >= 0.6 is 15.8 Å². The molecule has 8 aromatic rings. The fraction of sp³-hybridized carbons (Fsp3) is 0.265. The summed E-state index contributed by atoms with van der Waals surface area (Å²) < 4.78 is 0. The number of nitrogens with zero attached hydrogens (tertiary/aromatic N) is 2. The molecule has 4 nitrogen and oxygen atoms in total. The first-order valence-electron chi connectivity index (χ1n) is 25.8. The molecule has 390 valence electrons. The number of aliphatic imine (C=N–C) groups is 2. The maximum atomic E-state index is 10.9. The third-order valence-electron chi connectivity index (χ3n) is 12.5. The van der Waals surface area contributed by atoms with Gasteiger partial charge in [-0.1, -0.05) is 277 Å². The van der Waals surface area contributed by atoms with Crippen molar-refractivity contribution in [3.05, 3.63) is 240 Å². The molecule has 0 aliphatic rings. The Hall–Kier alpha value is -5.82. The van der Waals surface area contributed by atoms with Gasteiger partial charge in [0.15, 0.2) is 0 Å². The molecule has 0 spiro atoms. The summed E-state index contributed by atoms with van der Waals surface area (Å²) in [5, 5.41) is 30.3. The maximum absolute atomic E-state index is 10.9. The molecule has 0 aliphatic heterocycles. The molecule has 7 heteroatoms. The van der Waals surface area contributed by atoms with Gasteiger partial charge in [0, 0.05) is 54.2 Å². The second kappa shape index (κ2) is 27.3. The van der Waals surface area contributed by atoms with Gasteiger partial charge in [0.05, 0.1) is 13.1 Å². The van der Waals surface area contributed by atoms with Gasteiger partial charge in [-0.2, -0.15) is 0 Å². The standard InChI is InChI=1S/C32H48N2O2.2C18H15P.Ru/c1-29(2,3)23-15-21(27(35)25(17-23)31(7,8)9)19-33-13-14-34-20-22-16-24(30(4,5)6)18-26(28(22)36)32(10,11)12;2*1-4-10-16(11-5-1)19(17-12-6-2-7-13-17)18-14-8-3-9-15-18;/h15-20,35-36H,13-14H2,1-12H3;2*1-15H;. The van der Waals surface area contributed by atoms with Crippen LogP contribution < -0.4 is 31.8 Å². The first-order chi connectivity index (χ1) is 35.1. The summed E-state index contributed by atoms with van der Waals surface area (Å²) in [6.07, 6.45) is 3.51. The number of rotatable bonds is 11. The third kappa shape index (κ3) is 17.4. The molecule has 0 heterocycles. The molecule has 0 saturated carbocycles. The molecule has 0 amide bonds. The van der Waals surface area contributed by atoms with Crippen molar-refractivity contribution >= 4 is 60.1 Å². The van der Waals surface area contributed by atoms with Crippen LogP contribution in [0.25, 0.3) is 0 Å². The average Bonchev–Trinajstić information content (AvgIpc) is 3.37. The zero-order valence-corrected chi connectivity index (χ0v) is 49.8. The number of hydrogen-bond acceptors (Lipinski definition) is 4. The number of phenolic OH excluding ortho intramolecular Hbond substituents is 2. The summed E-state index contributed by atoms with van der Waals surface area (Å²) in [4.78, 5) is 9.11. The van der Waals surface area contributed by atoms with Gasteiger partial charge >= 0.3 is 0 Å². The molecule has 0 aromatic heterocycles. The molecule has 75 heavy (non-hydrogen) atoms. The van der Waals surface area contributed by atoms with Gasteiger partial charge in [0.25, 0.3) is 0 Å². The van der Waals surface area contributed by atoms with Crippen LogP contribution in [0.15, 0.2) is 216 Å². The quantitative estimate of drug-likeness (QED) is 0.0587. The summed E-state index contributed by atoms with van der Waals surface area (Å²) in [7, 11) is -0.892. The van der Waals surface area contributed by atoms with E-state index in [1.807, 2.05) is 12.1 Å². The summed E-state index contributed by atoms with van der Waals surface area (Å²) in [6.45, 7) is 26.7. The van der Waals surface area contributed by atoms with E-state index in [0.717, 1.165) is 22.3 Å². The number of phenols is 2. The van der Waals surface area contributed by atoms with Crippen LogP contribution in [-0.4, -0.2) is 35.7 Å². The number of hydrogen-bond donors (Lipinski definition) is 2. The molecular formula is C68H78N2O2P2Ru. The van der Waals surface area contributed by atoms with Gasteiger partial charge in [-0.05, 0) is 92.6 Å². The van der Waals surface area contributed by atoms with Crippen LogP contribution in [0.5, 0.6) is 11.5 Å². The van der Waals surface area contributed by atoms with Crippen molar-refractivity contribution in [3.8, 4) is 11.5 Å². The van der Waals surface area contributed by atoms with Crippen LogP contribution in [0.1, 0.15) is 116 Å². The second-order valence-corrected chi connectivity index (χ2v) is 27.1. The predicted octanol–water partition coefficient (Wildman–Crippen LogP) is 14.7. The first kappa shape index (κ1) is 60.1. The van der Waals surface area contributed by atoms with Crippen LogP contribution in [-0.2, 0) is 41.1 Å². The SMILES string of the molecule is CC(C)(C)c1cc(C=NCCN=Cc2cc(C(C)(C)C)cc(C(C)(C)C)c2O)c(O)c(C(C)(C)C)c1.[Ru].c1ccc(P(c2ccccc2)c2ccccc2)cc1.c1ccc(P(c2ccccc2)c2ccccc2)cc1. The minimum Gasteiger partial charge on any atom is -0.507 e. The first-order valence-corrected chi connectivity index (χ1v) is 28.5. The molecule has 0 radical (unpaired) electrons. The van der Waals surface area contributed by atoms with Gasteiger partial charge in [-0.15, -0.1) is 0 Å². The van der Waals surface area contributed by atoms with Crippen LogP contribution in [0.3, 0.4) is 0 Å². The molecule has 8 rings (SSSR count).